The SMILES string of the molecule is O=C(N[C@@H](c1ccc(C(F)(F)F)cc1)c1ncccc1C(F)(F)F)c1ccnnc1. The molecule has 156 valence electrons. The summed E-state index contributed by atoms with van der Waals surface area (Å²) in [6, 6.07) is 5.10. The average Bonchev–Trinajstić information content (AvgIpc) is 2.71. The van der Waals surface area contributed by atoms with E-state index in [1.54, 1.807) is 0 Å². The highest BCUT2D eigenvalue weighted by Crippen LogP contribution is 2.36. The minimum absolute atomic E-state index is 0.00593. The molecule has 1 N–H and O–H groups in total. The molecule has 2 heterocycles. The summed E-state index contributed by atoms with van der Waals surface area (Å²) in [4.78, 5) is 16.3. The van der Waals surface area contributed by atoms with Crippen LogP contribution in [0.3, 0.4) is 0 Å². The van der Waals surface area contributed by atoms with Crippen molar-refractivity contribution in [2.75, 3.05) is 0 Å². The Balaban J connectivity index is 2.07. The molecule has 11 heteroatoms. The van der Waals surface area contributed by atoms with E-state index in [1.807, 2.05) is 0 Å². The number of pyridine rings is 1. The normalized spacial score (nSPS) is 13.0. The molecule has 2 aromatic heterocycles. The summed E-state index contributed by atoms with van der Waals surface area (Å²) in [5.74, 6) is -0.798. The van der Waals surface area contributed by atoms with Crippen LogP contribution in [0.5, 0.6) is 0 Å². The first-order valence-corrected chi connectivity index (χ1v) is 8.34. The van der Waals surface area contributed by atoms with Crippen molar-refractivity contribution in [2.24, 2.45) is 0 Å². The van der Waals surface area contributed by atoms with Gasteiger partial charge in [-0.15, -0.1) is 0 Å². The number of benzene rings is 1. The van der Waals surface area contributed by atoms with Gasteiger partial charge in [0.05, 0.1) is 40.8 Å². The van der Waals surface area contributed by atoms with Gasteiger partial charge in [0.25, 0.3) is 5.91 Å². The third-order valence-electron chi connectivity index (χ3n) is 4.11. The van der Waals surface area contributed by atoms with Gasteiger partial charge in [0.15, 0.2) is 0 Å². The second-order valence-electron chi connectivity index (χ2n) is 6.09. The van der Waals surface area contributed by atoms with Crippen LogP contribution in [0.4, 0.5) is 26.3 Å². The molecule has 0 saturated heterocycles. The maximum atomic E-state index is 13.5. The summed E-state index contributed by atoms with van der Waals surface area (Å²) in [5.41, 5.74) is -2.66. The molecule has 0 bridgehead atoms. The monoisotopic (exact) mass is 426 g/mol. The highest BCUT2D eigenvalue weighted by molar-refractivity contribution is 5.94. The van der Waals surface area contributed by atoms with Gasteiger partial charge in [-0.1, -0.05) is 12.1 Å². The number of hydrogen-bond acceptors (Lipinski definition) is 4. The standard InChI is InChI=1S/C19H12F6N4O/c20-18(21,22)13-5-3-11(4-6-13)15(29-17(30)12-7-9-27-28-10-12)16-14(19(23,24)25)2-1-8-26-16/h1-10,15H,(H,29,30)/t15-/m0/s1. The number of carbonyl (C=O) groups excluding carboxylic acids is 1. The Morgan fingerprint density at radius 3 is 2.13 bits per heavy atom. The Morgan fingerprint density at radius 1 is 0.867 bits per heavy atom. The second-order valence-corrected chi connectivity index (χ2v) is 6.09. The number of halogens is 6. The van der Waals surface area contributed by atoms with Gasteiger partial charge in [-0.05, 0) is 35.9 Å². The number of nitrogens with zero attached hydrogens (tertiary/aromatic N) is 3. The molecule has 0 saturated carbocycles. The van der Waals surface area contributed by atoms with Gasteiger partial charge in [0.2, 0.25) is 0 Å². The molecule has 0 aliphatic carbocycles. The molecule has 30 heavy (non-hydrogen) atoms. The fourth-order valence-electron chi connectivity index (χ4n) is 2.70. The van der Waals surface area contributed by atoms with Gasteiger partial charge in [-0.3, -0.25) is 9.78 Å². The van der Waals surface area contributed by atoms with Gasteiger partial charge >= 0.3 is 12.4 Å². The number of hydrogen-bond donors (Lipinski definition) is 1. The van der Waals surface area contributed by atoms with E-state index >= 15 is 0 Å². The quantitative estimate of drug-likeness (QED) is 0.627. The maximum absolute atomic E-state index is 13.5. The molecule has 1 atom stereocenters. The van der Waals surface area contributed by atoms with Crippen LogP contribution in [0.1, 0.15) is 38.8 Å². The molecule has 0 aliphatic heterocycles. The minimum Gasteiger partial charge on any atom is -0.339 e. The largest absolute Gasteiger partial charge is 0.418 e. The number of amides is 1. The van der Waals surface area contributed by atoms with E-state index in [2.05, 4.69) is 20.5 Å². The lowest BCUT2D eigenvalue weighted by Gasteiger charge is -2.22. The van der Waals surface area contributed by atoms with E-state index in [-0.39, 0.29) is 11.1 Å². The summed E-state index contributed by atoms with van der Waals surface area (Å²) < 4.78 is 79.0. The molecule has 1 amide bonds. The maximum Gasteiger partial charge on any atom is 0.418 e. The zero-order valence-electron chi connectivity index (χ0n) is 14.9. The lowest BCUT2D eigenvalue weighted by Crippen LogP contribution is -2.31. The number of rotatable bonds is 4. The van der Waals surface area contributed by atoms with Gasteiger partial charge in [0, 0.05) is 6.20 Å². The summed E-state index contributed by atoms with van der Waals surface area (Å²) in [6.45, 7) is 0. The van der Waals surface area contributed by atoms with E-state index in [1.165, 1.54) is 12.3 Å². The van der Waals surface area contributed by atoms with Crippen LogP contribution in [0, 0.1) is 0 Å². The molecule has 5 nitrogen and oxygen atoms in total. The summed E-state index contributed by atoms with van der Waals surface area (Å²) in [5, 5.41) is 9.41. The van der Waals surface area contributed by atoms with Gasteiger partial charge < -0.3 is 5.32 Å². The average molecular weight is 426 g/mol. The third kappa shape index (κ3) is 4.73. The molecule has 0 spiro atoms. The van der Waals surface area contributed by atoms with Crippen molar-refractivity contribution in [1.29, 1.82) is 0 Å². The molecule has 0 aliphatic rings. The summed E-state index contributed by atoms with van der Waals surface area (Å²) in [7, 11) is 0. The van der Waals surface area contributed by atoms with Crippen molar-refractivity contribution in [3.63, 3.8) is 0 Å². The fraction of sp³-hybridized carbons (Fsp3) is 0.158. The molecule has 0 fully saturated rings. The summed E-state index contributed by atoms with van der Waals surface area (Å²) in [6.07, 6.45) is -6.01. The van der Waals surface area contributed by atoms with Crippen molar-refractivity contribution in [1.82, 2.24) is 20.5 Å². The van der Waals surface area contributed by atoms with E-state index in [4.69, 9.17) is 0 Å². The Labute approximate surface area is 165 Å². The Morgan fingerprint density at radius 2 is 1.57 bits per heavy atom. The van der Waals surface area contributed by atoms with Crippen molar-refractivity contribution in [2.45, 2.75) is 18.4 Å². The first-order valence-electron chi connectivity index (χ1n) is 8.34. The van der Waals surface area contributed by atoms with Crippen LogP contribution >= 0.6 is 0 Å². The van der Waals surface area contributed by atoms with E-state index in [0.29, 0.717) is 0 Å². The molecule has 1 aromatic carbocycles. The van der Waals surface area contributed by atoms with Crippen molar-refractivity contribution in [3.8, 4) is 0 Å². The second kappa shape index (κ2) is 8.09. The molecular weight excluding hydrogens is 414 g/mol. The Kier molecular flexibility index (Phi) is 5.72. The number of carbonyl (C=O) groups is 1. The van der Waals surface area contributed by atoms with Crippen LogP contribution in [0.15, 0.2) is 61.1 Å². The predicted molar refractivity (Wildman–Crippen MR) is 92.0 cm³/mol. The molecule has 3 aromatic rings. The highest BCUT2D eigenvalue weighted by Gasteiger charge is 2.37. The van der Waals surface area contributed by atoms with Crippen LogP contribution in [0.25, 0.3) is 0 Å². The molecular formula is C19H12F6N4O. The van der Waals surface area contributed by atoms with Crippen LogP contribution in [-0.4, -0.2) is 21.1 Å². The van der Waals surface area contributed by atoms with E-state index in [9.17, 15) is 31.1 Å². The topological polar surface area (TPSA) is 67.8 Å². The Hall–Kier alpha value is -3.50. The zero-order chi connectivity index (χ0) is 21.9. The summed E-state index contributed by atoms with van der Waals surface area (Å²) >= 11 is 0. The van der Waals surface area contributed by atoms with Gasteiger partial charge in [-0.25, -0.2) is 0 Å². The Bertz CT molecular complexity index is 1020. The van der Waals surface area contributed by atoms with Crippen LogP contribution in [0.2, 0.25) is 0 Å². The van der Waals surface area contributed by atoms with Gasteiger partial charge in [0.1, 0.15) is 0 Å². The number of nitrogens with one attached hydrogen (secondary N) is 1. The number of alkyl halides is 6. The fourth-order valence-corrected chi connectivity index (χ4v) is 2.70. The van der Waals surface area contributed by atoms with Crippen molar-refractivity contribution in [3.05, 3.63) is 89.0 Å². The molecule has 3 rings (SSSR count). The van der Waals surface area contributed by atoms with E-state index < -0.39 is 41.1 Å². The third-order valence-corrected chi connectivity index (χ3v) is 4.11. The van der Waals surface area contributed by atoms with Gasteiger partial charge in [-0.2, -0.15) is 36.5 Å². The number of aromatic nitrogens is 3. The van der Waals surface area contributed by atoms with E-state index in [0.717, 1.165) is 48.8 Å². The lowest BCUT2D eigenvalue weighted by atomic mass is 9.97. The predicted octanol–water partition coefficient (Wildman–Crippen LogP) is 4.43. The first-order chi connectivity index (χ1) is 14.1. The first kappa shape index (κ1) is 21.2. The highest BCUT2D eigenvalue weighted by atomic mass is 19.4. The van der Waals surface area contributed by atoms with Crippen molar-refractivity contribution < 1.29 is 31.1 Å². The smallest absolute Gasteiger partial charge is 0.339 e. The lowest BCUT2D eigenvalue weighted by molar-refractivity contribution is -0.139. The molecule has 0 unspecified atom stereocenters. The minimum atomic E-state index is -4.79. The van der Waals surface area contributed by atoms with Crippen LogP contribution < -0.4 is 5.32 Å². The van der Waals surface area contributed by atoms with Crippen molar-refractivity contribution >= 4 is 5.91 Å². The zero-order valence-corrected chi connectivity index (χ0v) is 14.9. The van der Waals surface area contributed by atoms with Crippen LogP contribution in [-0.2, 0) is 12.4 Å². The molecule has 0 radical (unpaired) electrons.